The van der Waals surface area contributed by atoms with Gasteiger partial charge in [-0.2, -0.15) is 0 Å². The Kier molecular flexibility index (Phi) is 3.56. The average molecular weight is 258 g/mol. The topological polar surface area (TPSA) is 32.3 Å². The molecule has 19 heavy (non-hydrogen) atoms. The zero-order valence-corrected chi connectivity index (χ0v) is 11.5. The molecule has 102 valence electrons. The smallest absolute Gasteiger partial charge is 0.223 e. The van der Waals surface area contributed by atoms with Crippen molar-refractivity contribution in [2.24, 2.45) is 11.8 Å². The molecule has 2 aliphatic rings. The van der Waals surface area contributed by atoms with Crippen molar-refractivity contribution in [2.75, 3.05) is 26.2 Å². The summed E-state index contributed by atoms with van der Waals surface area (Å²) in [6.45, 7) is 6.23. The normalized spacial score (nSPS) is 27.3. The van der Waals surface area contributed by atoms with Gasteiger partial charge in [0.25, 0.3) is 0 Å². The van der Waals surface area contributed by atoms with Gasteiger partial charge in [0.2, 0.25) is 5.91 Å². The fourth-order valence-corrected chi connectivity index (χ4v) is 3.35. The predicted molar refractivity (Wildman–Crippen MR) is 75.9 cm³/mol. The van der Waals surface area contributed by atoms with Crippen LogP contribution < -0.4 is 5.32 Å². The second kappa shape index (κ2) is 5.33. The molecule has 0 bridgehead atoms. The minimum absolute atomic E-state index is 0.312. The third-order valence-corrected chi connectivity index (χ3v) is 4.59. The highest BCUT2D eigenvalue weighted by Gasteiger charge is 2.38. The molecule has 0 aliphatic carbocycles. The van der Waals surface area contributed by atoms with E-state index in [1.54, 1.807) is 0 Å². The molecule has 1 aromatic rings. The number of benzene rings is 1. The highest BCUT2D eigenvalue weighted by atomic mass is 16.2. The molecule has 3 nitrogen and oxygen atoms in total. The van der Waals surface area contributed by atoms with Crippen LogP contribution in [0.1, 0.15) is 24.8 Å². The Hall–Kier alpha value is -1.35. The van der Waals surface area contributed by atoms with Gasteiger partial charge in [0, 0.05) is 32.6 Å². The summed E-state index contributed by atoms with van der Waals surface area (Å²) in [5, 5.41) is 3.41. The van der Waals surface area contributed by atoms with E-state index in [-0.39, 0.29) is 0 Å². The molecule has 3 rings (SSSR count). The summed E-state index contributed by atoms with van der Waals surface area (Å²) in [6, 6.07) is 10.3. The van der Waals surface area contributed by atoms with Crippen molar-refractivity contribution >= 4 is 5.91 Å². The predicted octanol–water partition coefficient (Wildman–Crippen LogP) is 1.86. The molecule has 3 heteroatoms. The van der Waals surface area contributed by atoms with Crippen LogP contribution in [-0.4, -0.2) is 37.0 Å². The Balaban J connectivity index is 1.57. The van der Waals surface area contributed by atoms with E-state index < -0.39 is 0 Å². The molecule has 0 spiro atoms. The number of hydrogen-bond donors (Lipinski definition) is 1. The number of fused-ring (bicyclic) bond motifs is 1. The summed E-state index contributed by atoms with van der Waals surface area (Å²) in [5.41, 5.74) is 1.26. The minimum atomic E-state index is 0.312. The van der Waals surface area contributed by atoms with E-state index in [0.29, 0.717) is 30.1 Å². The third-order valence-electron chi connectivity index (χ3n) is 4.59. The third kappa shape index (κ3) is 2.66. The summed E-state index contributed by atoms with van der Waals surface area (Å²) < 4.78 is 0. The van der Waals surface area contributed by atoms with Crippen LogP contribution in [0.5, 0.6) is 0 Å². The Morgan fingerprint density at radius 2 is 1.89 bits per heavy atom. The van der Waals surface area contributed by atoms with Gasteiger partial charge in [-0.1, -0.05) is 37.3 Å². The molecule has 1 aromatic carbocycles. The largest absolute Gasteiger partial charge is 0.342 e. The summed E-state index contributed by atoms with van der Waals surface area (Å²) in [6.07, 6.45) is 0.636. The van der Waals surface area contributed by atoms with Crippen LogP contribution in [0.15, 0.2) is 30.3 Å². The number of carbonyl (C=O) groups excluding carboxylic acids is 1. The van der Waals surface area contributed by atoms with Crippen molar-refractivity contribution in [2.45, 2.75) is 19.3 Å². The van der Waals surface area contributed by atoms with E-state index in [1.807, 2.05) is 18.2 Å². The van der Waals surface area contributed by atoms with Crippen LogP contribution in [0, 0.1) is 11.8 Å². The van der Waals surface area contributed by atoms with Crippen LogP contribution in [0.3, 0.4) is 0 Å². The van der Waals surface area contributed by atoms with Crippen molar-refractivity contribution in [1.29, 1.82) is 0 Å². The van der Waals surface area contributed by atoms with E-state index in [9.17, 15) is 4.79 Å². The fourth-order valence-electron chi connectivity index (χ4n) is 3.35. The molecule has 2 fully saturated rings. The number of rotatable bonds is 3. The number of hydrogen-bond acceptors (Lipinski definition) is 2. The number of likely N-dealkylation sites (tertiary alicyclic amines) is 1. The molecule has 1 N–H and O–H groups in total. The van der Waals surface area contributed by atoms with Gasteiger partial charge in [0.05, 0.1) is 0 Å². The van der Waals surface area contributed by atoms with Crippen molar-refractivity contribution < 1.29 is 4.79 Å². The lowest BCUT2D eigenvalue weighted by molar-refractivity contribution is -0.130. The fraction of sp³-hybridized carbons (Fsp3) is 0.562. The van der Waals surface area contributed by atoms with Crippen molar-refractivity contribution in [3.63, 3.8) is 0 Å². The van der Waals surface area contributed by atoms with E-state index in [2.05, 4.69) is 29.3 Å². The molecular formula is C16H22N2O. The maximum absolute atomic E-state index is 12.4. The van der Waals surface area contributed by atoms with E-state index in [0.717, 1.165) is 26.2 Å². The number of carbonyl (C=O) groups is 1. The quantitative estimate of drug-likeness (QED) is 0.897. The monoisotopic (exact) mass is 258 g/mol. The first-order valence-electron chi connectivity index (χ1n) is 7.27. The molecule has 2 aliphatic heterocycles. The number of nitrogens with zero attached hydrogens (tertiary/aromatic N) is 1. The summed E-state index contributed by atoms with van der Waals surface area (Å²) in [4.78, 5) is 14.4. The van der Waals surface area contributed by atoms with Crippen molar-refractivity contribution in [1.82, 2.24) is 10.2 Å². The number of amides is 1. The van der Waals surface area contributed by atoms with Crippen molar-refractivity contribution in [3.05, 3.63) is 35.9 Å². The molecule has 3 atom stereocenters. The Bertz CT molecular complexity index is 433. The van der Waals surface area contributed by atoms with Crippen molar-refractivity contribution in [3.8, 4) is 0 Å². The summed E-state index contributed by atoms with van der Waals surface area (Å²) in [5.74, 6) is 2.02. The Morgan fingerprint density at radius 3 is 2.53 bits per heavy atom. The van der Waals surface area contributed by atoms with E-state index in [1.165, 1.54) is 5.56 Å². The molecule has 2 heterocycles. The van der Waals surface area contributed by atoms with Gasteiger partial charge in [-0.15, -0.1) is 0 Å². The average Bonchev–Trinajstić information content (AvgIpc) is 3.00. The second-order valence-corrected chi connectivity index (χ2v) is 5.99. The van der Waals surface area contributed by atoms with Gasteiger partial charge < -0.3 is 10.2 Å². The first-order valence-corrected chi connectivity index (χ1v) is 7.27. The lowest BCUT2D eigenvalue weighted by atomic mass is 9.97. The SMILES string of the molecule is CC(CC(=O)N1C[C@H]2CNC[C@H]2C1)c1ccccc1. The summed E-state index contributed by atoms with van der Waals surface area (Å²) >= 11 is 0. The Labute approximate surface area is 115 Å². The van der Waals surface area contributed by atoms with Crippen LogP contribution >= 0.6 is 0 Å². The van der Waals surface area contributed by atoms with Crippen LogP contribution in [-0.2, 0) is 4.79 Å². The first kappa shape index (κ1) is 12.7. The maximum Gasteiger partial charge on any atom is 0.223 e. The number of nitrogens with one attached hydrogen (secondary N) is 1. The zero-order valence-electron chi connectivity index (χ0n) is 11.5. The van der Waals surface area contributed by atoms with E-state index in [4.69, 9.17) is 0 Å². The van der Waals surface area contributed by atoms with Gasteiger partial charge in [-0.3, -0.25) is 4.79 Å². The van der Waals surface area contributed by atoms with Gasteiger partial charge >= 0.3 is 0 Å². The van der Waals surface area contributed by atoms with Gasteiger partial charge in [-0.25, -0.2) is 0 Å². The van der Waals surface area contributed by atoms with Crippen LogP contribution in [0.25, 0.3) is 0 Å². The lowest BCUT2D eigenvalue weighted by Gasteiger charge is -2.20. The minimum Gasteiger partial charge on any atom is -0.342 e. The second-order valence-electron chi connectivity index (χ2n) is 5.99. The van der Waals surface area contributed by atoms with E-state index >= 15 is 0 Å². The molecule has 0 aromatic heterocycles. The van der Waals surface area contributed by atoms with Gasteiger partial charge in [0.15, 0.2) is 0 Å². The first-order chi connectivity index (χ1) is 9.24. The highest BCUT2D eigenvalue weighted by molar-refractivity contribution is 5.77. The highest BCUT2D eigenvalue weighted by Crippen LogP contribution is 2.28. The van der Waals surface area contributed by atoms with Gasteiger partial charge in [0.1, 0.15) is 0 Å². The standard InChI is InChI=1S/C16H22N2O/c1-12(13-5-3-2-4-6-13)7-16(19)18-10-14-8-17-9-15(14)11-18/h2-6,12,14-15,17H,7-11H2,1H3/t12?,14-,15+. The van der Waals surface area contributed by atoms with Crippen LogP contribution in [0.4, 0.5) is 0 Å². The Morgan fingerprint density at radius 1 is 1.26 bits per heavy atom. The molecule has 0 saturated carbocycles. The molecular weight excluding hydrogens is 236 g/mol. The molecule has 1 unspecified atom stereocenters. The molecule has 1 amide bonds. The maximum atomic E-state index is 12.4. The summed E-state index contributed by atoms with van der Waals surface area (Å²) in [7, 11) is 0. The lowest BCUT2D eigenvalue weighted by Crippen LogP contribution is -2.32. The molecule has 2 saturated heterocycles. The van der Waals surface area contributed by atoms with Gasteiger partial charge in [-0.05, 0) is 23.3 Å². The van der Waals surface area contributed by atoms with Crippen LogP contribution in [0.2, 0.25) is 0 Å². The zero-order chi connectivity index (χ0) is 13.2. The molecule has 0 radical (unpaired) electrons.